The number of nitrogens with zero attached hydrogens (tertiary/aromatic N) is 2. The highest BCUT2D eigenvalue weighted by molar-refractivity contribution is 7.67. The van der Waals surface area contributed by atoms with Crippen molar-refractivity contribution in [3.8, 4) is 11.5 Å². The number of aromatic amines is 1. The van der Waals surface area contributed by atoms with Crippen molar-refractivity contribution in [3.63, 3.8) is 0 Å². The van der Waals surface area contributed by atoms with Crippen LogP contribution in [0.5, 0.6) is 11.5 Å². The quantitative estimate of drug-likeness (QED) is 0.731. The summed E-state index contributed by atoms with van der Waals surface area (Å²) in [6.07, 6.45) is 3.19. The fraction of sp³-hybridized carbons (Fsp3) is 0.278. The van der Waals surface area contributed by atoms with Crippen molar-refractivity contribution < 1.29 is 13.7 Å². The lowest BCUT2D eigenvalue weighted by Crippen LogP contribution is -2.20. The zero-order valence-electron chi connectivity index (χ0n) is 13.9. The molecule has 1 aliphatic rings. The van der Waals surface area contributed by atoms with E-state index >= 15 is 0 Å². The van der Waals surface area contributed by atoms with Crippen molar-refractivity contribution in [1.82, 2.24) is 15.0 Å². The largest absolute Gasteiger partial charge is 0.497 e. The number of hydrogen-bond acceptors (Lipinski definition) is 5. The lowest BCUT2D eigenvalue weighted by atomic mass is 9.85. The number of rotatable bonds is 3. The van der Waals surface area contributed by atoms with Gasteiger partial charge in [-0.05, 0) is 31.0 Å². The third-order valence-electron chi connectivity index (χ3n) is 4.57. The second-order valence-corrected chi connectivity index (χ2v) is 6.54. The molecule has 0 spiro atoms. The number of imidazole rings is 1. The summed E-state index contributed by atoms with van der Waals surface area (Å²) in [5.41, 5.74) is 3.47. The molecule has 1 aromatic carbocycles. The van der Waals surface area contributed by atoms with Gasteiger partial charge in [0.2, 0.25) is 0 Å². The van der Waals surface area contributed by atoms with Gasteiger partial charge in [0.15, 0.2) is 0 Å². The van der Waals surface area contributed by atoms with E-state index in [9.17, 15) is 4.21 Å². The zero-order valence-corrected chi connectivity index (χ0v) is 14.7. The number of nitrogens with one attached hydrogen (secondary N) is 1. The van der Waals surface area contributed by atoms with Crippen molar-refractivity contribution in [1.29, 1.82) is 0 Å². The normalized spacial score (nSPS) is 16.6. The van der Waals surface area contributed by atoms with Crippen LogP contribution < -0.4 is 9.47 Å². The molecular formula is C18H17N3O3S. The summed E-state index contributed by atoms with van der Waals surface area (Å²) >= 11 is 0.525. The van der Waals surface area contributed by atoms with Crippen molar-refractivity contribution in [3.05, 3.63) is 47.5 Å². The highest BCUT2D eigenvalue weighted by atomic mass is 32.1. The van der Waals surface area contributed by atoms with E-state index in [-0.39, 0.29) is 5.92 Å². The van der Waals surface area contributed by atoms with E-state index in [0.717, 1.165) is 45.2 Å². The number of hydrogen-bond donors (Lipinski definition) is 1. The van der Waals surface area contributed by atoms with Crippen LogP contribution in [0.4, 0.5) is 0 Å². The van der Waals surface area contributed by atoms with Gasteiger partial charge in [-0.3, -0.25) is 4.98 Å². The van der Waals surface area contributed by atoms with Gasteiger partial charge in [-0.15, -0.1) is 0 Å². The van der Waals surface area contributed by atoms with Crippen LogP contribution in [0.3, 0.4) is 0 Å². The molecule has 4 rings (SSSR count). The first-order chi connectivity index (χ1) is 12.2. The average Bonchev–Trinajstić information content (AvgIpc) is 3.09. The Morgan fingerprint density at radius 1 is 1.24 bits per heavy atom. The molecule has 1 aliphatic carbocycles. The van der Waals surface area contributed by atoms with Gasteiger partial charge < -0.3 is 14.5 Å². The monoisotopic (exact) mass is 355 g/mol. The minimum atomic E-state index is -0.000560. The van der Waals surface area contributed by atoms with Gasteiger partial charge >= 0.3 is 0 Å². The Kier molecular flexibility index (Phi) is 4.01. The number of ether oxygens (including phenoxy) is 2. The minimum absolute atomic E-state index is 0.000560. The fourth-order valence-corrected chi connectivity index (χ4v) is 3.85. The maximum Gasteiger partial charge on any atom is 0.130 e. The van der Waals surface area contributed by atoms with E-state index in [4.69, 9.17) is 14.5 Å². The average molecular weight is 355 g/mol. The lowest BCUT2D eigenvalue weighted by Gasteiger charge is -2.24. The van der Waals surface area contributed by atoms with Crippen LogP contribution in [0.15, 0.2) is 30.5 Å². The first-order valence-corrected chi connectivity index (χ1v) is 8.72. The number of aromatic nitrogens is 3. The summed E-state index contributed by atoms with van der Waals surface area (Å²) in [6, 6.07) is 7.55. The zero-order chi connectivity index (χ0) is 17.4. The van der Waals surface area contributed by atoms with Gasteiger partial charge in [0.1, 0.15) is 17.3 Å². The molecule has 25 heavy (non-hydrogen) atoms. The SMILES string of the molecule is COc1ccc2nc(C3CCC(=S=O)c4c(OC)ccnc43)[nH]c2c1. The third kappa shape index (κ3) is 2.60. The van der Waals surface area contributed by atoms with Crippen molar-refractivity contribution >= 4 is 27.2 Å². The van der Waals surface area contributed by atoms with Crippen LogP contribution in [0.2, 0.25) is 0 Å². The molecule has 0 radical (unpaired) electrons. The highest BCUT2D eigenvalue weighted by Gasteiger charge is 2.31. The summed E-state index contributed by atoms with van der Waals surface area (Å²) < 4.78 is 22.3. The molecule has 1 atom stereocenters. The number of methoxy groups -OCH3 is 2. The molecule has 0 aliphatic heterocycles. The van der Waals surface area contributed by atoms with Crippen LogP contribution in [-0.4, -0.2) is 38.2 Å². The van der Waals surface area contributed by atoms with Gasteiger partial charge in [0.05, 0.1) is 58.5 Å². The Labute approximate surface area is 148 Å². The van der Waals surface area contributed by atoms with E-state index in [0.29, 0.717) is 23.4 Å². The summed E-state index contributed by atoms with van der Waals surface area (Å²) in [5, 5.41) is 0. The second kappa shape index (κ2) is 6.33. The van der Waals surface area contributed by atoms with E-state index in [1.807, 2.05) is 18.2 Å². The number of pyridine rings is 1. The van der Waals surface area contributed by atoms with E-state index in [1.54, 1.807) is 26.5 Å². The smallest absolute Gasteiger partial charge is 0.130 e. The summed E-state index contributed by atoms with van der Waals surface area (Å²) in [5.74, 6) is 2.32. The third-order valence-corrected chi connectivity index (χ3v) is 5.18. The lowest BCUT2D eigenvalue weighted by molar-refractivity contribution is 0.411. The van der Waals surface area contributed by atoms with Crippen molar-refractivity contribution in [2.24, 2.45) is 0 Å². The Bertz CT molecular complexity index is 1010. The van der Waals surface area contributed by atoms with Gasteiger partial charge in [-0.2, -0.15) is 0 Å². The minimum Gasteiger partial charge on any atom is -0.497 e. The first kappa shape index (κ1) is 15.8. The summed E-state index contributed by atoms with van der Waals surface area (Å²) in [6.45, 7) is 0. The molecule has 2 aromatic heterocycles. The topological polar surface area (TPSA) is 77.1 Å². The van der Waals surface area contributed by atoms with Crippen LogP contribution in [0.25, 0.3) is 11.0 Å². The Morgan fingerprint density at radius 3 is 2.88 bits per heavy atom. The molecule has 0 amide bonds. The number of benzene rings is 1. The molecule has 0 saturated carbocycles. The summed E-state index contributed by atoms with van der Waals surface area (Å²) in [7, 11) is 3.25. The Balaban J connectivity index is 1.86. The molecule has 3 aromatic rings. The van der Waals surface area contributed by atoms with Crippen LogP contribution >= 0.6 is 0 Å². The predicted molar refractivity (Wildman–Crippen MR) is 96.8 cm³/mol. The predicted octanol–water partition coefficient (Wildman–Crippen LogP) is 2.63. The molecule has 128 valence electrons. The van der Waals surface area contributed by atoms with Gasteiger partial charge in [0, 0.05) is 12.3 Å². The van der Waals surface area contributed by atoms with Crippen LogP contribution in [-0.2, 0) is 11.3 Å². The van der Waals surface area contributed by atoms with Crippen molar-refractivity contribution in [2.45, 2.75) is 18.8 Å². The maximum atomic E-state index is 11.5. The number of fused-ring (bicyclic) bond motifs is 2. The molecule has 1 N–H and O–H groups in total. The molecule has 0 saturated heterocycles. The van der Waals surface area contributed by atoms with Crippen molar-refractivity contribution in [2.75, 3.05) is 14.2 Å². The van der Waals surface area contributed by atoms with E-state index < -0.39 is 0 Å². The summed E-state index contributed by atoms with van der Waals surface area (Å²) in [4.78, 5) is 13.4. The van der Waals surface area contributed by atoms with Gasteiger partial charge in [-0.25, -0.2) is 9.19 Å². The molecule has 2 heterocycles. The molecule has 1 unspecified atom stereocenters. The molecule has 0 bridgehead atoms. The Hall–Kier alpha value is -2.67. The van der Waals surface area contributed by atoms with Gasteiger partial charge in [-0.1, -0.05) is 0 Å². The van der Waals surface area contributed by atoms with Crippen LogP contribution in [0, 0.1) is 0 Å². The van der Waals surface area contributed by atoms with Gasteiger partial charge in [0.25, 0.3) is 0 Å². The van der Waals surface area contributed by atoms with E-state index in [1.165, 1.54) is 0 Å². The Morgan fingerprint density at radius 2 is 2.12 bits per heavy atom. The number of H-pyrrole nitrogens is 1. The molecule has 7 heteroatoms. The first-order valence-electron chi connectivity index (χ1n) is 7.97. The van der Waals surface area contributed by atoms with Crippen LogP contribution in [0.1, 0.15) is 35.8 Å². The standard InChI is InChI=1S/C18H17N3O3S/c1-23-10-3-5-12-13(9-10)21-18(20-12)11-4-6-15(25-22)16-14(24-2)7-8-19-17(11)16/h3,5,7-9,11H,4,6H2,1-2H3,(H,20,21). The maximum absolute atomic E-state index is 11.5. The fourth-order valence-electron chi connectivity index (χ4n) is 3.36. The van der Waals surface area contributed by atoms with E-state index in [2.05, 4.69) is 9.97 Å². The molecular weight excluding hydrogens is 338 g/mol. The second-order valence-electron chi connectivity index (χ2n) is 5.88. The molecule has 6 nitrogen and oxygen atoms in total. The molecule has 0 fully saturated rings. The highest BCUT2D eigenvalue weighted by Crippen LogP contribution is 2.38.